The lowest BCUT2D eigenvalue weighted by Gasteiger charge is -2.30. The van der Waals surface area contributed by atoms with Gasteiger partial charge in [0.15, 0.2) is 5.69 Å². The molecule has 8 heteroatoms. The van der Waals surface area contributed by atoms with Gasteiger partial charge in [-0.2, -0.15) is 4.98 Å². The molecule has 30 heavy (non-hydrogen) atoms. The van der Waals surface area contributed by atoms with Crippen LogP contribution in [0.25, 0.3) is 11.3 Å². The summed E-state index contributed by atoms with van der Waals surface area (Å²) < 4.78 is 20.4. The van der Waals surface area contributed by atoms with Crippen molar-refractivity contribution in [3.63, 3.8) is 0 Å². The molecule has 0 bridgehead atoms. The molecule has 154 valence electrons. The zero-order chi connectivity index (χ0) is 21.3. The quantitative estimate of drug-likeness (QED) is 0.561. The highest BCUT2D eigenvalue weighted by molar-refractivity contribution is 7.99. The van der Waals surface area contributed by atoms with Crippen molar-refractivity contribution in [1.29, 1.82) is 0 Å². The van der Waals surface area contributed by atoms with Crippen LogP contribution in [0.3, 0.4) is 0 Å². The van der Waals surface area contributed by atoms with Gasteiger partial charge in [-0.3, -0.25) is 9.69 Å². The van der Waals surface area contributed by atoms with Crippen LogP contribution in [-0.4, -0.2) is 26.8 Å². The molecular formula is C22H21FN4O2S. The topological polar surface area (TPSA) is 68.2 Å². The van der Waals surface area contributed by atoms with E-state index in [2.05, 4.69) is 22.1 Å². The number of rotatable bonds is 4. The lowest BCUT2D eigenvalue weighted by molar-refractivity contribution is -0.118. The van der Waals surface area contributed by atoms with E-state index >= 15 is 0 Å². The average Bonchev–Trinajstić information content (AvgIpc) is 2.88. The molecule has 1 atom stereocenters. The highest BCUT2D eigenvalue weighted by Crippen LogP contribution is 2.43. The largest absolute Gasteiger partial charge is 0.447 e. The molecule has 1 amide bonds. The predicted molar refractivity (Wildman–Crippen MR) is 114 cm³/mol. The summed E-state index contributed by atoms with van der Waals surface area (Å²) in [4.78, 5) is 18.7. The Morgan fingerprint density at radius 2 is 1.93 bits per heavy atom. The third kappa shape index (κ3) is 3.75. The van der Waals surface area contributed by atoms with Crippen LogP contribution in [0.15, 0.2) is 47.6 Å². The standard InChI is InChI=1S/C22H21FN4O2S/c1-4-14-6-8-15(9-7-14)21-27(13(3)28)18-11-10-16(23)12-17(18)19-20(29-21)24-22(26-25-19)30-5-2/h6-12,21H,4-5H2,1-3H3/t21-/m1/s1. The molecule has 0 fully saturated rings. The number of hydrogen-bond acceptors (Lipinski definition) is 6. The van der Waals surface area contributed by atoms with Crippen LogP contribution in [0.2, 0.25) is 0 Å². The molecule has 0 spiro atoms. The molecular weight excluding hydrogens is 403 g/mol. The molecule has 0 saturated carbocycles. The minimum absolute atomic E-state index is 0.223. The fourth-order valence-electron chi connectivity index (χ4n) is 3.40. The Hall–Kier alpha value is -3.00. The maximum atomic E-state index is 14.1. The van der Waals surface area contributed by atoms with Crippen molar-refractivity contribution in [2.24, 2.45) is 0 Å². The van der Waals surface area contributed by atoms with E-state index in [0.717, 1.165) is 17.7 Å². The number of anilines is 1. The lowest BCUT2D eigenvalue weighted by Crippen LogP contribution is -2.36. The number of thioether (sulfide) groups is 1. The molecule has 1 aliphatic rings. The summed E-state index contributed by atoms with van der Waals surface area (Å²) in [5, 5.41) is 8.87. The third-order valence-corrected chi connectivity index (χ3v) is 5.57. The van der Waals surface area contributed by atoms with Gasteiger partial charge in [-0.25, -0.2) is 4.39 Å². The van der Waals surface area contributed by atoms with Gasteiger partial charge < -0.3 is 4.74 Å². The summed E-state index contributed by atoms with van der Waals surface area (Å²) in [5.41, 5.74) is 3.19. The minimum atomic E-state index is -0.768. The monoisotopic (exact) mass is 424 g/mol. The number of aryl methyl sites for hydroxylation is 1. The lowest BCUT2D eigenvalue weighted by atomic mass is 10.1. The second-order valence-electron chi connectivity index (χ2n) is 6.80. The van der Waals surface area contributed by atoms with Crippen molar-refractivity contribution in [2.75, 3.05) is 10.7 Å². The van der Waals surface area contributed by atoms with Gasteiger partial charge in [0.1, 0.15) is 5.82 Å². The first kappa shape index (κ1) is 20.3. The summed E-state index contributed by atoms with van der Waals surface area (Å²) in [7, 11) is 0. The number of fused-ring (bicyclic) bond motifs is 3. The van der Waals surface area contributed by atoms with Gasteiger partial charge in [0, 0.05) is 18.1 Å². The zero-order valence-corrected chi connectivity index (χ0v) is 17.7. The van der Waals surface area contributed by atoms with Crippen molar-refractivity contribution >= 4 is 23.4 Å². The zero-order valence-electron chi connectivity index (χ0n) is 16.9. The van der Waals surface area contributed by atoms with Crippen LogP contribution < -0.4 is 9.64 Å². The first-order valence-corrected chi connectivity index (χ1v) is 10.7. The van der Waals surface area contributed by atoms with E-state index in [-0.39, 0.29) is 11.8 Å². The SMILES string of the molecule is CCSc1nnc2c(n1)O[C@H](c1ccc(CC)cc1)N(C(C)=O)c1ccc(F)cc1-2. The van der Waals surface area contributed by atoms with Crippen molar-refractivity contribution in [3.05, 3.63) is 59.4 Å². The second-order valence-corrected chi connectivity index (χ2v) is 8.03. The molecule has 0 saturated heterocycles. The van der Waals surface area contributed by atoms with E-state index in [1.807, 2.05) is 31.2 Å². The van der Waals surface area contributed by atoms with Crippen LogP contribution in [0, 0.1) is 5.82 Å². The first-order valence-electron chi connectivity index (χ1n) is 9.74. The fraction of sp³-hybridized carbons (Fsp3) is 0.273. The van der Waals surface area contributed by atoms with Gasteiger partial charge in [-0.15, -0.1) is 10.2 Å². The molecule has 1 aliphatic heterocycles. The van der Waals surface area contributed by atoms with E-state index in [1.54, 1.807) is 6.07 Å². The number of carbonyl (C=O) groups excluding carboxylic acids is 1. The van der Waals surface area contributed by atoms with Crippen LogP contribution in [0.5, 0.6) is 5.88 Å². The van der Waals surface area contributed by atoms with Gasteiger partial charge in [0.05, 0.1) is 5.69 Å². The fourth-order valence-corrected chi connectivity index (χ4v) is 3.91. The molecule has 4 rings (SSSR count). The minimum Gasteiger partial charge on any atom is -0.447 e. The number of benzene rings is 2. The Morgan fingerprint density at radius 1 is 1.17 bits per heavy atom. The van der Waals surface area contributed by atoms with Gasteiger partial charge in [0.25, 0.3) is 0 Å². The van der Waals surface area contributed by atoms with Crippen LogP contribution >= 0.6 is 11.8 Å². The van der Waals surface area contributed by atoms with Crippen LogP contribution in [0.1, 0.15) is 38.1 Å². The average molecular weight is 425 g/mol. The van der Waals surface area contributed by atoms with E-state index in [1.165, 1.54) is 41.3 Å². The van der Waals surface area contributed by atoms with Gasteiger partial charge in [0.2, 0.25) is 23.2 Å². The molecule has 0 radical (unpaired) electrons. The number of nitrogens with zero attached hydrogens (tertiary/aromatic N) is 4. The number of carbonyl (C=O) groups is 1. The van der Waals surface area contributed by atoms with Crippen molar-refractivity contribution < 1.29 is 13.9 Å². The summed E-state index contributed by atoms with van der Waals surface area (Å²) in [6, 6.07) is 12.1. The number of aromatic nitrogens is 3. The van der Waals surface area contributed by atoms with E-state index in [9.17, 15) is 9.18 Å². The van der Waals surface area contributed by atoms with Crippen molar-refractivity contribution in [1.82, 2.24) is 15.2 Å². The molecule has 6 nitrogen and oxygen atoms in total. The smallest absolute Gasteiger partial charge is 0.247 e. The highest BCUT2D eigenvalue weighted by Gasteiger charge is 2.34. The van der Waals surface area contributed by atoms with E-state index in [4.69, 9.17) is 4.74 Å². The molecule has 0 N–H and O–H groups in total. The van der Waals surface area contributed by atoms with Gasteiger partial charge in [-0.1, -0.05) is 49.9 Å². The molecule has 3 aromatic rings. The predicted octanol–water partition coefficient (Wildman–Crippen LogP) is 4.80. The first-order chi connectivity index (χ1) is 14.5. The number of halogens is 1. The Balaban J connectivity index is 1.93. The Kier molecular flexibility index (Phi) is 5.67. The highest BCUT2D eigenvalue weighted by atomic mass is 32.2. The summed E-state index contributed by atoms with van der Waals surface area (Å²) in [6.07, 6.45) is 0.136. The maximum absolute atomic E-state index is 14.1. The summed E-state index contributed by atoms with van der Waals surface area (Å²) in [6.45, 7) is 5.52. The third-order valence-electron chi connectivity index (χ3n) is 4.85. The maximum Gasteiger partial charge on any atom is 0.247 e. The Bertz CT molecular complexity index is 1090. The number of amides is 1. The molecule has 2 heterocycles. The van der Waals surface area contributed by atoms with E-state index in [0.29, 0.717) is 22.1 Å². The molecule has 2 aromatic carbocycles. The Labute approximate surface area is 178 Å². The van der Waals surface area contributed by atoms with Crippen LogP contribution in [0.4, 0.5) is 10.1 Å². The van der Waals surface area contributed by atoms with Crippen LogP contribution in [-0.2, 0) is 11.2 Å². The Morgan fingerprint density at radius 3 is 2.60 bits per heavy atom. The summed E-state index contributed by atoms with van der Waals surface area (Å²) >= 11 is 1.43. The van der Waals surface area contributed by atoms with Gasteiger partial charge in [-0.05, 0) is 35.9 Å². The molecule has 0 unspecified atom stereocenters. The van der Waals surface area contributed by atoms with Gasteiger partial charge >= 0.3 is 0 Å². The van der Waals surface area contributed by atoms with Crippen molar-refractivity contribution in [3.8, 4) is 17.1 Å². The number of ether oxygens (including phenoxy) is 1. The summed E-state index contributed by atoms with van der Waals surface area (Å²) in [5.74, 6) is 0.313. The normalized spacial score (nSPS) is 15.1. The molecule has 1 aromatic heterocycles. The second kappa shape index (κ2) is 8.39. The number of hydrogen-bond donors (Lipinski definition) is 0. The molecule has 0 aliphatic carbocycles. The van der Waals surface area contributed by atoms with E-state index < -0.39 is 12.0 Å². The van der Waals surface area contributed by atoms with Crippen molar-refractivity contribution in [2.45, 2.75) is 38.6 Å².